The Morgan fingerprint density at radius 3 is 3.17 bits per heavy atom. The van der Waals surface area contributed by atoms with E-state index in [2.05, 4.69) is 11.4 Å². The lowest BCUT2D eigenvalue weighted by molar-refractivity contribution is -0.121. The maximum atomic E-state index is 10.9. The van der Waals surface area contributed by atoms with Crippen LogP contribution in [0.4, 0.5) is 0 Å². The molecule has 3 heteroatoms. The van der Waals surface area contributed by atoms with Crippen LogP contribution in [0.5, 0.6) is 0 Å². The van der Waals surface area contributed by atoms with Gasteiger partial charge in [-0.1, -0.05) is 12.2 Å². The van der Waals surface area contributed by atoms with E-state index in [4.69, 9.17) is 0 Å². The average molecular weight is 186 g/mol. The van der Waals surface area contributed by atoms with Crippen molar-refractivity contribution in [3.63, 3.8) is 0 Å². The second kappa shape index (κ2) is 3.76. The molecule has 0 bridgehead atoms. The van der Waals surface area contributed by atoms with Crippen molar-refractivity contribution in [2.75, 3.05) is 0 Å². The Balaban J connectivity index is 0.000000720. The monoisotopic (exact) mass is 185 g/mol. The highest BCUT2D eigenvalue weighted by Gasteiger charge is 2.22. The zero-order chi connectivity index (χ0) is 7.68. The Labute approximate surface area is 78.1 Å². The molecule has 0 spiro atoms. The number of amides is 1. The van der Waals surface area contributed by atoms with E-state index < -0.39 is 0 Å². The largest absolute Gasteiger partial charge is 0.329 e. The van der Waals surface area contributed by atoms with Gasteiger partial charge in [-0.25, -0.2) is 0 Å². The molecule has 2 aliphatic rings. The molecule has 0 saturated carbocycles. The summed E-state index contributed by atoms with van der Waals surface area (Å²) in [7, 11) is 0. The number of carbonyl (C=O) groups is 1. The van der Waals surface area contributed by atoms with E-state index in [0.29, 0.717) is 12.3 Å². The molecule has 1 saturated heterocycles. The maximum Gasteiger partial charge on any atom is 0.224 e. The predicted molar refractivity (Wildman–Crippen MR) is 50.0 cm³/mol. The second-order valence-electron chi connectivity index (χ2n) is 3.07. The fourth-order valence-corrected chi connectivity index (χ4v) is 1.62. The number of hydrogen-bond donors (Lipinski definition) is 1. The summed E-state index contributed by atoms with van der Waals surface area (Å²) in [5.74, 6) is 0.750. The van der Waals surface area contributed by atoms with Gasteiger partial charge in [0.05, 0.1) is 0 Å². The van der Waals surface area contributed by atoms with Crippen molar-refractivity contribution < 1.29 is 4.79 Å². The molecule has 1 aliphatic carbocycles. The smallest absolute Gasteiger partial charge is 0.224 e. The Kier molecular flexibility index (Phi) is 2.93. The third-order valence-electron chi connectivity index (χ3n) is 2.28. The molecule has 1 heterocycles. The van der Waals surface area contributed by atoms with E-state index in [1.54, 1.807) is 0 Å². The first-order valence-electron chi connectivity index (χ1n) is 4.03. The van der Waals surface area contributed by atoms with Crippen LogP contribution in [0.1, 0.15) is 19.3 Å². The van der Waals surface area contributed by atoms with Crippen LogP contribution < -0.4 is 5.32 Å². The number of allylic oxidation sites excluding steroid dienone is 4. The molecule has 1 unspecified atom stereocenters. The quantitative estimate of drug-likeness (QED) is 0.613. The lowest BCUT2D eigenvalue weighted by atomic mass is 9.89. The summed E-state index contributed by atoms with van der Waals surface area (Å²) >= 11 is 0. The summed E-state index contributed by atoms with van der Waals surface area (Å²) in [5, 5.41) is 2.89. The Morgan fingerprint density at radius 1 is 1.50 bits per heavy atom. The van der Waals surface area contributed by atoms with Gasteiger partial charge in [-0.15, -0.1) is 12.4 Å². The van der Waals surface area contributed by atoms with Gasteiger partial charge in [0.1, 0.15) is 0 Å². The molecule has 66 valence electrons. The summed E-state index contributed by atoms with van der Waals surface area (Å²) in [6.07, 6.45) is 8.97. The van der Waals surface area contributed by atoms with Crippen LogP contribution in [0.25, 0.3) is 0 Å². The van der Waals surface area contributed by atoms with E-state index >= 15 is 0 Å². The minimum Gasteiger partial charge on any atom is -0.329 e. The van der Waals surface area contributed by atoms with Gasteiger partial charge >= 0.3 is 0 Å². The molecular formula is C9H12ClNO. The molecule has 0 radical (unpaired) electrons. The average Bonchev–Trinajstić information content (AvgIpc) is 2.04. The molecule has 1 N–H and O–H groups in total. The topological polar surface area (TPSA) is 29.1 Å². The fourth-order valence-electron chi connectivity index (χ4n) is 1.62. The number of fused-ring (bicyclic) bond motifs is 1. The van der Waals surface area contributed by atoms with Gasteiger partial charge in [0.2, 0.25) is 5.91 Å². The third kappa shape index (κ3) is 1.69. The third-order valence-corrected chi connectivity index (χ3v) is 2.28. The highest BCUT2D eigenvalue weighted by atomic mass is 35.5. The van der Waals surface area contributed by atoms with Crippen LogP contribution >= 0.6 is 12.4 Å². The van der Waals surface area contributed by atoms with E-state index in [1.807, 2.05) is 12.2 Å². The van der Waals surface area contributed by atoms with Gasteiger partial charge in [0.25, 0.3) is 0 Å². The maximum absolute atomic E-state index is 10.9. The SMILES string of the molecule is Cl.O=C1CCC2CC=CC=C2N1. The number of carbonyl (C=O) groups excluding carboxylic acids is 1. The molecule has 1 aliphatic heterocycles. The normalized spacial score (nSPS) is 26.5. The van der Waals surface area contributed by atoms with Gasteiger partial charge in [0, 0.05) is 18.0 Å². The van der Waals surface area contributed by atoms with Crippen LogP contribution in [0.3, 0.4) is 0 Å². The van der Waals surface area contributed by atoms with Crippen LogP contribution in [0.2, 0.25) is 0 Å². The summed E-state index contributed by atoms with van der Waals surface area (Å²) < 4.78 is 0. The standard InChI is InChI=1S/C9H11NO.ClH/c11-9-6-5-7-3-1-2-4-8(7)10-9;/h1-2,4,7H,3,5-6H2,(H,10,11);1H. The number of piperidine rings is 1. The number of hydrogen-bond acceptors (Lipinski definition) is 1. The minimum absolute atomic E-state index is 0. The van der Waals surface area contributed by atoms with Crippen LogP contribution in [0, 0.1) is 5.92 Å². The van der Waals surface area contributed by atoms with Crippen molar-refractivity contribution >= 4 is 18.3 Å². The van der Waals surface area contributed by atoms with Crippen molar-refractivity contribution in [3.8, 4) is 0 Å². The van der Waals surface area contributed by atoms with E-state index in [-0.39, 0.29) is 18.3 Å². The van der Waals surface area contributed by atoms with Crippen molar-refractivity contribution in [2.24, 2.45) is 5.92 Å². The molecule has 2 rings (SSSR count). The first-order chi connectivity index (χ1) is 5.36. The number of halogens is 1. The fraction of sp³-hybridized carbons (Fsp3) is 0.444. The van der Waals surface area contributed by atoms with E-state index in [1.165, 1.54) is 0 Å². The highest BCUT2D eigenvalue weighted by Crippen LogP contribution is 2.26. The van der Waals surface area contributed by atoms with Crippen molar-refractivity contribution in [3.05, 3.63) is 23.9 Å². The second-order valence-corrected chi connectivity index (χ2v) is 3.07. The molecule has 1 amide bonds. The van der Waals surface area contributed by atoms with Crippen LogP contribution in [-0.2, 0) is 4.79 Å². The lowest BCUT2D eigenvalue weighted by Crippen LogP contribution is -2.33. The molecule has 1 atom stereocenters. The number of nitrogens with one attached hydrogen (secondary N) is 1. The van der Waals surface area contributed by atoms with E-state index in [0.717, 1.165) is 18.5 Å². The van der Waals surface area contributed by atoms with Crippen molar-refractivity contribution in [1.29, 1.82) is 0 Å². The zero-order valence-corrected chi connectivity index (χ0v) is 7.56. The minimum atomic E-state index is 0. The summed E-state index contributed by atoms with van der Waals surface area (Å²) in [5.41, 5.74) is 1.11. The zero-order valence-electron chi connectivity index (χ0n) is 6.75. The summed E-state index contributed by atoms with van der Waals surface area (Å²) in [4.78, 5) is 10.9. The predicted octanol–water partition coefficient (Wildman–Crippen LogP) is 1.78. The van der Waals surface area contributed by atoms with Gasteiger partial charge in [-0.3, -0.25) is 4.79 Å². The van der Waals surface area contributed by atoms with Crippen molar-refractivity contribution in [2.45, 2.75) is 19.3 Å². The molecule has 2 nitrogen and oxygen atoms in total. The van der Waals surface area contributed by atoms with Gasteiger partial charge < -0.3 is 5.32 Å². The highest BCUT2D eigenvalue weighted by molar-refractivity contribution is 5.85. The Bertz CT molecular complexity index is 245. The van der Waals surface area contributed by atoms with Crippen molar-refractivity contribution in [1.82, 2.24) is 5.32 Å². The molecule has 0 aromatic carbocycles. The Morgan fingerprint density at radius 2 is 2.33 bits per heavy atom. The Hall–Kier alpha value is -0.760. The first-order valence-corrected chi connectivity index (χ1v) is 4.03. The van der Waals surface area contributed by atoms with E-state index in [9.17, 15) is 4.79 Å². The van der Waals surface area contributed by atoms with Gasteiger partial charge in [-0.2, -0.15) is 0 Å². The molecular weight excluding hydrogens is 174 g/mol. The number of rotatable bonds is 0. The first kappa shape index (κ1) is 9.33. The summed E-state index contributed by atoms with van der Waals surface area (Å²) in [6.45, 7) is 0. The molecule has 12 heavy (non-hydrogen) atoms. The summed E-state index contributed by atoms with van der Waals surface area (Å²) in [6, 6.07) is 0. The molecule has 0 aromatic rings. The van der Waals surface area contributed by atoms with Crippen LogP contribution in [0.15, 0.2) is 23.9 Å². The van der Waals surface area contributed by atoms with Gasteiger partial charge in [-0.05, 0) is 18.9 Å². The molecule has 1 fully saturated rings. The lowest BCUT2D eigenvalue weighted by Gasteiger charge is -2.26. The van der Waals surface area contributed by atoms with Crippen LogP contribution in [-0.4, -0.2) is 5.91 Å². The molecule has 0 aromatic heterocycles. The van der Waals surface area contributed by atoms with Gasteiger partial charge in [0.15, 0.2) is 0 Å².